The summed E-state index contributed by atoms with van der Waals surface area (Å²) in [7, 11) is 0. The fourth-order valence-electron chi connectivity index (χ4n) is 1.75. The van der Waals surface area contributed by atoms with Crippen molar-refractivity contribution in [1.82, 2.24) is 0 Å². The summed E-state index contributed by atoms with van der Waals surface area (Å²) in [6.45, 7) is 0. The van der Waals surface area contributed by atoms with Crippen LogP contribution in [-0.2, 0) is 0 Å². The van der Waals surface area contributed by atoms with Gasteiger partial charge in [-0.3, -0.25) is 0 Å². The first kappa shape index (κ1) is 9.04. The summed E-state index contributed by atoms with van der Waals surface area (Å²) in [6.07, 6.45) is 3.33. The smallest absolute Gasteiger partial charge is 0.176 e. The predicted molar refractivity (Wildman–Crippen MR) is 61.8 cm³/mol. The maximum atomic E-state index is 5.47. The lowest BCUT2D eigenvalue weighted by atomic mass is 10.1. The maximum absolute atomic E-state index is 5.47. The van der Waals surface area contributed by atoms with Crippen LogP contribution in [0.5, 0.6) is 0 Å². The van der Waals surface area contributed by atoms with Gasteiger partial charge in [-0.1, -0.05) is 30.3 Å². The summed E-state index contributed by atoms with van der Waals surface area (Å²) in [5.74, 6) is 1.53. The lowest BCUT2D eigenvalue weighted by Gasteiger charge is -1.99. The fraction of sp³-hybridized carbons (Fsp3) is 0. The normalized spacial score (nSPS) is 10.5. The predicted octanol–water partition coefficient (Wildman–Crippen LogP) is 4.21. The maximum Gasteiger partial charge on any atom is 0.176 e. The Morgan fingerprint density at radius 3 is 2.31 bits per heavy atom. The molecule has 0 N–H and O–H groups in total. The second-order valence-corrected chi connectivity index (χ2v) is 3.51. The molecule has 0 aliphatic heterocycles. The van der Waals surface area contributed by atoms with Gasteiger partial charge in [-0.25, -0.2) is 0 Å². The van der Waals surface area contributed by atoms with Gasteiger partial charge in [0.15, 0.2) is 11.5 Å². The highest BCUT2D eigenvalue weighted by atomic mass is 16.4. The molecule has 0 radical (unpaired) electrons. The topological polar surface area (TPSA) is 26.3 Å². The average molecular weight is 210 g/mol. The first-order valence-electron chi connectivity index (χ1n) is 5.12. The molecule has 2 aromatic heterocycles. The van der Waals surface area contributed by atoms with Crippen LogP contribution in [0.3, 0.4) is 0 Å². The second kappa shape index (κ2) is 3.74. The Morgan fingerprint density at radius 1 is 0.688 bits per heavy atom. The van der Waals surface area contributed by atoms with Crippen LogP contribution in [0, 0.1) is 0 Å². The quantitative estimate of drug-likeness (QED) is 0.633. The van der Waals surface area contributed by atoms with Crippen LogP contribution in [0.2, 0.25) is 0 Å². The zero-order valence-electron chi connectivity index (χ0n) is 8.59. The monoisotopic (exact) mass is 210 g/mol. The largest absolute Gasteiger partial charge is 0.461 e. The number of hydrogen-bond acceptors (Lipinski definition) is 2. The molecule has 0 aliphatic rings. The summed E-state index contributed by atoms with van der Waals surface area (Å²) in [6, 6.07) is 15.8. The van der Waals surface area contributed by atoms with E-state index < -0.39 is 0 Å². The Bertz CT molecular complexity index is 562. The number of hydrogen-bond donors (Lipinski definition) is 0. The number of rotatable bonds is 2. The van der Waals surface area contributed by atoms with Gasteiger partial charge in [0.25, 0.3) is 0 Å². The van der Waals surface area contributed by atoms with Crippen LogP contribution < -0.4 is 0 Å². The molecule has 0 bridgehead atoms. The van der Waals surface area contributed by atoms with Crippen molar-refractivity contribution in [2.75, 3.05) is 0 Å². The lowest BCUT2D eigenvalue weighted by molar-refractivity contribution is 0.525. The molecule has 0 aliphatic carbocycles. The minimum absolute atomic E-state index is 0.754. The van der Waals surface area contributed by atoms with E-state index in [-0.39, 0.29) is 0 Å². The highest BCUT2D eigenvalue weighted by Gasteiger charge is 2.12. The van der Waals surface area contributed by atoms with Crippen molar-refractivity contribution in [3.63, 3.8) is 0 Å². The molecule has 3 rings (SSSR count). The highest BCUT2D eigenvalue weighted by molar-refractivity contribution is 5.77. The van der Waals surface area contributed by atoms with Gasteiger partial charge in [0.05, 0.1) is 12.5 Å². The van der Waals surface area contributed by atoms with Gasteiger partial charge in [0, 0.05) is 5.56 Å². The lowest BCUT2D eigenvalue weighted by Crippen LogP contribution is -1.76. The zero-order valence-corrected chi connectivity index (χ0v) is 8.59. The first-order valence-corrected chi connectivity index (χ1v) is 5.12. The van der Waals surface area contributed by atoms with E-state index in [0.717, 1.165) is 22.6 Å². The van der Waals surface area contributed by atoms with Crippen molar-refractivity contribution in [3.05, 3.63) is 61.1 Å². The molecule has 0 saturated carbocycles. The van der Waals surface area contributed by atoms with Gasteiger partial charge in [0.1, 0.15) is 0 Å². The van der Waals surface area contributed by atoms with E-state index in [0.29, 0.717) is 0 Å². The molecule has 0 amide bonds. The fourth-order valence-corrected chi connectivity index (χ4v) is 1.75. The molecule has 0 saturated heterocycles. The third kappa shape index (κ3) is 1.44. The van der Waals surface area contributed by atoms with Gasteiger partial charge in [-0.05, 0) is 23.8 Å². The SMILES string of the molecule is c1ccc(-c2ccoc2-c2ccco2)cc1. The van der Waals surface area contributed by atoms with E-state index in [1.54, 1.807) is 12.5 Å². The number of furan rings is 2. The van der Waals surface area contributed by atoms with Gasteiger partial charge in [-0.15, -0.1) is 0 Å². The average Bonchev–Trinajstić information content (AvgIpc) is 3.01. The minimum atomic E-state index is 0.754. The van der Waals surface area contributed by atoms with Crippen molar-refractivity contribution in [2.45, 2.75) is 0 Å². The van der Waals surface area contributed by atoms with Crippen molar-refractivity contribution >= 4 is 0 Å². The van der Waals surface area contributed by atoms with Crippen molar-refractivity contribution in [1.29, 1.82) is 0 Å². The van der Waals surface area contributed by atoms with Crippen molar-refractivity contribution in [2.24, 2.45) is 0 Å². The van der Waals surface area contributed by atoms with E-state index >= 15 is 0 Å². The third-order valence-corrected chi connectivity index (χ3v) is 2.49. The molecule has 2 heteroatoms. The molecule has 0 atom stereocenters. The molecule has 0 spiro atoms. The number of benzene rings is 1. The zero-order chi connectivity index (χ0) is 10.8. The van der Waals surface area contributed by atoms with E-state index in [1.165, 1.54) is 0 Å². The molecule has 1 aromatic carbocycles. The molecular formula is C14H10O2. The standard InChI is InChI=1S/C14H10O2/c1-2-5-11(6-3-1)12-8-10-16-14(12)13-7-4-9-15-13/h1-10H. The van der Waals surface area contributed by atoms with Crippen LogP contribution in [-0.4, -0.2) is 0 Å². The van der Waals surface area contributed by atoms with Crippen LogP contribution >= 0.6 is 0 Å². The Kier molecular flexibility index (Phi) is 2.11. The van der Waals surface area contributed by atoms with E-state index in [9.17, 15) is 0 Å². The molecule has 3 aromatic rings. The molecule has 2 heterocycles. The second-order valence-electron chi connectivity index (χ2n) is 3.51. The minimum Gasteiger partial charge on any atom is -0.461 e. The van der Waals surface area contributed by atoms with Crippen LogP contribution in [0.15, 0.2) is 69.9 Å². The molecule has 0 fully saturated rings. The summed E-state index contributed by atoms with van der Waals surface area (Å²) >= 11 is 0. The molecular weight excluding hydrogens is 200 g/mol. The van der Waals surface area contributed by atoms with Crippen molar-refractivity contribution in [3.8, 4) is 22.6 Å². The Morgan fingerprint density at radius 2 is 1.56 bits per heavy atom. The van der Waals surface area contributed by atoms with E-state index in [4.69, 9.17) is 8.83 Å². The van der Waals surface area contributed by atoms with Crippen LogP contribution in [0.1, 0.15) is 0 Å². The summed E-state index contributed by atoms with van der Waals surface area (Å²) in [5, 5.41) is 0. The molecule has 2 nitrogen and oxygen atoms in total. The van der Waals surface area contributed by atoms with Gasteiger partial charge < -0.3 is 8.83 Å². The van der Waals surface area contributed by atoms with E-state index in [1.807, 2.05) is 36.4 Å². The third-order valence-electron chi connectivity index (χ3n) is 2.49. The van der Waals surface area contributed by atoms with Gasteiger partial charge in [0.2, 0.25) is 0 Å². The molecule has 78 valence electrons. The van der Waals surface area contributed by atoms with Gasteiger partial charge >= 0.3 is 0 Å². The summed E-state index contributed by atoms with van der Waals surface area (Å²) in [4.78, 5) is 0. The highest BCUT2D eigenvalue weighted by Crippen LogP contribution is 2.32. The molecule has 16 heavy (non-hydrogen) atoms. The molecule has 0 unspecified atom stereocenters. The van der Waals surface area contributed by atoms with Crippen LogP contribution in [0.25, 0.3) is 22.6 Å². The van der Waals surface area contributed by atoms with Gasteiger partial charge in [-0.2, -0.15) is 0 Å². The Hall–Kier alpha value is -2.22. The summed E-state index contributed by atoms with van der Waals surface area (Å²) < 4.78 is 10.8. The van der Waals surface area contributed by atoms with Crippen molar-refractivity contribution < 1.29 is 8.83 Å². The summed E-state index contributed by atoms with van der Waals surface area (Å²) in [5.41, 5.74) is 2.18. The Balaban J connectivity index is 2.14. The Labute approximate surface area is 93.1 Å². The van der Waals surface area contributed by atoms with E-state index in [2.05, 4.69) is 12.1 Å². The van der Waals surface area contributed by atoms with Crippen LogP contribution in [0.4, 0.5) is 0 Å². The first-order chi connectivity index (χ1) is 7.95.